The molecule has 0 aliphatic rings. The normalized spacial score (nSPS) is 12.5. The number of aromatic nitrogens is 4. The lowest BCUT2D eigenvalue weighted by Gasteiger charge is -2.10. The van der Waals surface area contributed by atoms with E-state index in [-0.39, 0.29) is 29.3 Å². The molecule has 1 unspecified atom stereocenters. The zero-order valence-corrected chi connectivity index (χ0v) is 20.4. The number of thiazole rings is 1. The van der Waals surface area contributed by atoms with Crippen molar-refractivity contribution < 1.29 is 32.1 Å². The number of benzene rings is 2. The zero-order chi connectivity index (χ0) is 26.7. The first-order valence-corrected chi connectivity index (χ1v) is 12.4. The first-order chi connectivity index (χ1) is 18.3. The number of carbonyl (C=O) groups excluding carboxylic acids is 1. The largest absolute Gasteiger partial charge is 0.422 e. The van der Waals surface area contributed by atoms with Gasteiger partial charge < -0.3 is 14.2 Å². The molecule has 12 heteroatoms. The number of ketones is 1. The summed E-state index contributed by atoms with van der Waals surface area (Å²) < 4.78 is 51.9. The number of nitrogens with zero attached hydrogens (tertiary/aromatic N) is 4. The number of alkyl halides is 3. The molecule has 5 aromatic rings. The van der Waals surface area contributed by atoms with E-state index in [1.165, 1.54) is 47.7 Å². The summed E-state index contributed by atoms with van der Waals surface area (Å²) in [6, 6.07) is 13.9. The van der Waals surface area contributed by atoms with Gasteiger partial charge in [0.2, 0.25) is 11.6 Å². The molecule has 1 N–H and O–H groups in total. The summed E-state index contributed by atoms with van der Waals surface area (Å²) in [5.74, 6) is -1.50. The first-order valence-electron chi connectivity index (χ1n) is 11.5. The van der Waals surface area contributed by atoms with Gasteiger partial charge in [-0.25, -0.2) is 4.98 Å². The third-order valence-corrected chi connectivity index (χ3v) is 6.41. The van der Waals surface area contributed by atoms with Crippen molar-refractivity contribution in [2.24, 2.45) is 0 Å². The molecular weight excluding hydrogens is 521 g/mol. The second-order valence-corrected chi connectivity index (χ2v) is 9.07. The van der Waals surface area contributed by atoms with Gasteiger partial charge in [0.15, 0.2) is 5.78 Å². The molecule has 0 amide bonds. The fourth-order valence-electron chi connectivity index (χ4n) is 3.87. The van der Waals surface area contributed by atoms with Crippen LogP contribution in [0.25, 0.3) is 34.3 Å². The number of carbonyl (C=O) groups is 1. The standard InChI is InChI=1S/C26H19F3N4O4S/c27-26(28,29)20-21(15-5-2-1-3-6-15)32-36-23(20)25-31-24(33-37-25)17-11-9-16(10-12-17)22(35)19(34)8-4-7-18-13-38-14-30-18/h1-3,5-6,9-14,22,35H,4,7-8H2. The van der Waals surface area contributed by atoms with E-state index in [0.29, 0.717) is 24.0 Å². The van der Waals surface area contributed by atoms with Crippen LogP contribution in [0.2, 0.25) is 0 Å². The van der Waals surface area contributed by atoms with Gasteiger partial charge >= 0.3 is 6.18 Å². The van der Waals surface area contributed by atoms with Crippen molar-refractivity contribution in [1.82, 2.24) is 20.3 Å². The van der Waals surface area contributed by atoms with Crippen LogP contribution in [0.4, 0.5) is 13.2 Å². The molecule has 194 valence electrons. The van der Waals surface area contributed by atoms with Gasteiger partial charge in [-0.15, -0.1) is 11.3 Å². The van der Waals surface area contributed by atoms with Crippen LogP contribution >= 0.6 is 11.3 Å². The number of hydrogen-bond acceptors (Lipinski definition) is 9. The quantitative estimate of drug-likeness (QED) is 0.236. The van der Waals surface area contributed by atoms with Gasteiger partial charge in [-0.1, -0.05) is 64.9 Å². The van der Waals surface area contributed by atoms with Gasteiger partial charge in [-0.3, -0.25) is 4.79 Å². The Balaban J connectivity index is 1.32. The smallest absolute Gasteiger partial charge is 0.381 e. The van der Waals surface area contributed by atoms with Crippen LogP contribution in [0.5, 0.6) is 0 Å². The predicted molar refractivity (Wildman–Crippen MR) is 131 cm³/mol. The van der Waals surface area contributed by atoms with Gasteiger partial charge in [0.05, 0.1) is 11.2 Å². The van der Waals surface area contributed by atoms with E-state index in [9.17, 15) is 23.1 Å². The lowest BCUT2D eigenvalue weighted by molar-refractivity contribution is -0.137. The van der Waals surface area contributed by atoms with Gasteiger partial charge in [0.25, 0.3) is 5.89 Å². The minimum atomic E-state index is -4.79. The molecule has 0 aliphatic carbocycles. The minimum absolute atomic E-state index is 0.00131. The number of halogens is 3. The van der Waals surface area contributed by atoms with E-state index in [1.807, 2.05) is 5.38 Å². The van der Waals surface area contributed by atoms with Crippen LogP contribution in [0.15, 0.2) is 74.5 Å². The Morgan fingerprint density at radius 3 is 2.45 bits per heavy atom. The summed E-state index contributed by atoms with van der Waals surface area (Å²) >= 11 is 1.48. The van der Waals surface area contributed by atoms with Crippen molar-refractivity contribution in [2.45, 2.75) is 31.5 Å². The Hall–Kier alpha value is -4.16. The maximum Gasteiger partial charge on any atom is 0.422 e. The number of aliphatic hydroxyl groups excluding tert-OH is 1. The van der Waals surface area contributed by atoms with Gasteiger partial charge in [0, 0.05) is 22.9 Å². The lowest BCUT2D eigenvalue weighted by atomic mass is 10.00. The molecule has 0 fully saturated rings. The molecule has 0 spiro atoms. The number of rotatable bonds is 9. The molecule has 1 atom stereocenters. The Morgan fingerprint density at radius 1 is 1.00 bits per heavy atom. The maximum atomic E-state index is 13.9. The van der Waals surface area contributed by atoms with E-state index in [4.69, 9.17) is 9.05 Å². The molecule has 0 saturated carbocycles. The second kappa shape index (κ2) is 10.7. The molecule has 8 nitrogen and oxygen atoms in total. The Bertz CT molecular complexity index is 1510. The van der Waals surface area contributed by atoms with E-state index in [0.717, 1.165) is 5.69 Å². The van der Waals surface area contributed by atoms with Crippen molar-refractivity contribution in [1.29, 1.82) is 0 Å². The molecule has 0 saturated heterocycles. The number of Topliss-reactive ketones (excluding diaryl/α,β-unsaturated/α-hetero) is 1. The van der Waals surface area contributed by atoms with Crippen LogP contribution in [0.3, 0.4) is 0 Å². The summed E-state index contributed by atoms with van der Waals surface area (Å²) in [5, 5.41) is 19.7. The number of aliphatic hydroxyl groups is 1. The summed E-state index contributed by atoms with van der Waals surface area (Å²) in [4.78, 5) is 20.6. The average Bonchev–Trinajstić information content (AvgIpc) is 3.69. The SMILES string of the molecule is O=C(CCCc1cscn1)C(O)c1ccc(-c2noc(-c3onc(-c4ccccc4)c3C(F)(F)F)n2)cc1. The van der Waals surface area contributed by atoms with Gasteiger partial charge in [0.1, 0.15) is 17.4 Å². The average molecular weight is 541 g/mol. The summed E-state index contributed by atoms with van der Waals surface area (Å²) in [6.07, 6.45) is -4.69. The van der Waals surface area contributed by atoms with Crippen molar-refractivity contribution in [3.05, 3.63) is 82.3 Å². The Kier molecular flexibility index (Phi) is 7.16. The van der Waals surface area contributed by atoms with Crippen molar-refractivity contribution in [2.75, 3.05) is 0 Å². The highest BCUT2D eigenvalue weighted by molar-refractivity contribution is 7.07. The van der Waals surface area contributed by atoms with Crippen LogP contribution in [-0.4, -0.2) is 31.2 Å². The van der Waals surface area contributed by atoms with Gasteiger partial charge in [-0.2, -0.15) is 18.2 Å². The van der Waals surface area contributed by atoms with E-state index in [1.54, 1.807) is 23.7 Å². The van der Waals surface area contributed by atoms with Crippen LogP contribution in [0.1, 0.15) is 35.8 Å². The molecule has 0 bridgehead atoms. The Morgan fingerprint density at radius 2 is 1.76 bits per heavy atom. The van der Waals surface area contributed by atoms with E-state index in [2.05, 4.69) is 20.3 Å². The third-order valence-electron chi connectivity index (χ3n) is 5.77. The zero-order valence-electron chi connectivity index (χ0n) is 19.6. The van der Waals surface area contributed by atoms with Gasteiger partial charge in [-0.05, 0) is 18.4 Å². The van der Waals surface area contributed by atoms with Crippen molar-refractivity contribution in [3.63, 3.8) is 0 Å². The van der Waals surface area contributed by atoms with Crippen molar-refractivity contribution in [3.8, 4) is 34.3 Å². The van der Waals surface area contributed by atoms with Crippen LogP contribution in [0, 0.1) is 0 Å². The third kappa shape index (κ3) is 5.41. The maximum absolute atomic E-state index is 13.9. The highest BCUT2D eigenvalue weighted by Gasteiger charge is 2.43. The summed E-state index contributed by atoms with van der Waals surface area (Å²) in [5.41, 5.74) is 2.13. The Labute approximate surface area is 217 Å². The molecule has 38 heavy (non-hydrogen) atoms. The van der Waals surface area contributed by atoms with Crippen molar-refractivity contribution >= 4 is 17.1 Å². The highest BCUT2D eigenvalue weighted by atomic mass is 32.1. The number of hydrogen-bond donors (Lipinski definition) is 1. The summed E-state index contributed by atoms with van der Waals surface area (Å²) in [7, 11) is 0. The van der Waals surface area contributed by atoms with E-state index < -0.39 is 29.5 Å². The first kappa shape index (κ1) is 25.5. The van der Waals surface area contributed by atoms with Crippen LogP contribution < -0.4 is 0 Å². The number of aryl methyl sites for hydroxylation is 1. The lowest BCUT2D eigenvalue weighted by Crippen LogP contribution is -2.12. The fourth-order valence-corrected chi connectivity index (χ4v) is 4.46. The topological polar surface area (TPSA) is 115 Å². The predicted octanol–water partition coefficient (Wildman–Crippen LogP) is 6.16. The molecule has 2 aromatic carbocycles. The van der Waals surface area contributed by atoms with Crippen LogP contribution in [-0.2, 0) is 17.4 Å². The molecular formula is C26H19F3N4O4S. The molecule has 0 radical (unpaired) electrons. The molecule has 3 aromatic heterocycles. The molecule has 3 heterocycles. The second-order valence-electron chi connectivity index (χ2n) is 8.35. The fraction of sp³-hybridized carbons (Fsp3) is 0.192. The molecule has 5 rings (SSSR count). The minimum Gasteiger partial charge on any atom is -0.381 e. The monoisotopic (exact) mass is 540 g/mol. The summed E-state index contributed by atoms with van der Waals surface area (Å²) in [6.45, 7) is 0. The molecule has 0 aliphatic heterocycles. The van der Waals surface area contributed by atoms with E-state index >= 15 is 0 Å². The highest BCUT2D eigenvalue weighted by Crippen LogP contribution is 2.43.